The summed E-state index contributed by atoms with van der Waals surface area (Å²) >= 11 is 4.50. The second-order valence-corrected chi connectivity index (χ2v) is 8.13. The van der Waals surface area contributed by atoms with Crippen molar-refractivity contribution >= 4 is 30.9 Å². The number of benzene rings is 1. The minimum Gasteiger partial charge on any atom is -0.399 e. The van der Waals surface area contributed by atoms with Gasteiger partial charge in [0.25, 0.3) is 0 Å². The Bertz CT molecular complexity index is 599. The van der Waals surface area contributed by atoms with Crippen LogP contribution in [-0.2, 0) is 15.1 Å². The van der Waals surface area contributed by atoms with E-state index < -0.39 is 0 Å². The first-order valence-electron chi connectivity index (χ1n) is 8.81. The van der Waals surface area contributed by atoms with Crippen LogP contribution < -0.4 is 15.7 Å². The lowest BCUT2D eigenvalue weighted by atomic mass is 9.75. The first kappa shape index (κ1) is 18.1. The Balaban J connectivity index is 1.99. The van der Waals surface area contributed by atoms with Crippen LogP contribution in [0.25, 0.3) is 0 Å². The molecule has 0 bridgehead atoms. The topological polar surface area (TPSA) is 33.7 Å². The average molecular weight is 348 g/mol. The molecule has 1 N–H and O–H groups in total. The van der Waals surface area contributed by atoms with Crippen LogP contribution in [0.2, 0.25) is 0 Å². The number of nitrogens with one attached hydrogen (secondary N) is 1. The Morgan fingerprint density at radius 2 is 1.71 bits per heavy atom. The SMILES string of the molecule is Cc1c(B2OC(C)(C)C(C)(C)O2)cc(CS)cc1N1CCNCC1. The number of hydrogen-bond donors (Lipinski definition) is 2. The third kappa shape index (κ3) is 3.21. The molecule has 0 unspecified atom stereocenters. The van der Waals surface area contributed by atoms with E-state index in [-0.39, 0.29) is 18.3 Å². The number of hydrogen-bond acceptors (Lipinski definition) is 5. The molecule has 6 heteroatoms. The average Bonchev–Trinajstić information content (AvgIpc) is 2.76. The summed E-state index contributed by atoms with van der Waals surface area (Å²) in [5, 5.41) is 3.42. The standard InChI is InChI=1S/C18H29BN2O2S/c1-13-15(19-22-17(2,3)18(4,5)23-19)10-14(12-24)11-16(13)21-8-6-20-7-9-21/h10-11,20,24H,6-9,12H2,1-5H3. The lowest BCUT2D eigenvalue weighted by Gasteiger charge is -2.32. The fourth-order valence-corrected chi connectivity index (χ4v) is 3.50. The Kier molecular flexibility index (Phi) is 4.95. The summed E-state index contributed by atoms with van der Waals surface area (Å²) in [5.74, 6) is 0.714. The maximum Gasteiger partial charge on any atom is 0.495 e. The van der Waals surface area contributed by atoms with Crippen LogP contribution in [0.15, 0.2) is 12.1 Å². The first-order chi connectivity index (χ1) is 11.2. The van der Waals surface area contributed by atoms with E-state index in [4.69, 9.17) is 9.31 Å². The second kappa shape index (κ2) is 6.56. The summed E-state index contributed by atoms with van der Waals surface area (Å²) in [4.78, 5) is 2.45. The van der Waals surface area contributed by atoms with Crippen molar-refractivity contribution in [3.63, 3.8) is 0 Å². The number of anilines is 1. The molecule has 4 nitrogen and oxygen atoms in total. The maximum absolute atomic E-state index is 6.29. The molecule has 2 aliphatic rings. The highest BCUT2D eigenvalue weighted by Gasteiger charge is 2.52. The van der Waals surface area contributed by atoms with Crippen molar-refractivity contribution in [1.29, 1.82) is 0 Å². The predicted octanol–water partition coefficient (Wildman–Crippen LogP) is 2.13. The summed E-state index contributed by atoms with van der Waals surface area (Å²) in [6.07, 6.45) is 0. The van der Waals surface area contributed by atoms with Crippen LogP contribution >= 0.6 is 12.6 Å². The zero-order valence-corrected chi connectivity index (χ0v) is 16.4. The smallest absolute Gasteiger partial charge is 0.399 e. The van der Waals surface area contributed by atoms with Gasteiger partial charge in [-0.25, -0.2) is 0 Å². The molecule has 24 heavy (non-hydrogen) atoms. The summed E-state index contributed by atoms with van der Waals surface area (Å²) in [6, 6.07) is 4.46. The van der Waals surface area contributed by atoms with E-state index in [9.17, 15) is 0 Å². The van der Waals surface area contributed by atoms with E-state index in [2.05, 4.69) is 69.6 Å². The van der Waals surface area contributed by atoms with Crippen molar-refractivity contribution < 1.29 is 9.31 Å². The van der Waals surface area contributed by atoms with Gasteiger partial charge in [0.05, 0.1) is 11.2 Å². The quantitative estimate of drug-likeness (QED) is 0.648. The van der Waals surface area contributed by atoms with E-state index in [1.165, 1.54) is 16.8 Å². The fraction of sp³-hybridized carbons (Fsp3) is 0.667. The van der Waals surface area contributed by atoms with E-state index in [0.29, 0.717) is 5.75 Å². The van der Waals surface area contributed by atoms with Crippen molar-refractivity contribution in [1.82, 2.24) is 5.32 Å². The van der Waals surface area contributed by atoms with Crippen LogP contribution in [0, 0.1) is 6.92 Å². The molecule has 3 rings (SSSR count). The van der Waals surface area contributed by atoms with Crippen LogP contribution in [0.5, 0.6) is 0 Å². The summed E-state index contributed by atoms with van der Waals surface area (Å²) in [7, 11) is -0.323. The van der Waals surface area contributed by atoms with Crippen molar-refractivity contribution in [2.75, 3.05) is 31.1 Å². The fourth-order valence-electron chi connectivity index (χ4n) is 3.32. The predicted molar refractivity (Wildman–Crippen MR) is 105 cm³/mol. The highest BCUT2D eigenvalue weighted by Crippen LogP contribution is 2.37. The molecule has 2 saturated heterocycles. The molecule has 0 amide bonds. The third-order valence-electron chi connectivity index (χ3n) is 5.63. The Hall–Kier alpha value is -0.685. The Labute approximate surface area is 151 Å². The molecular weight excluding hydrogens is 319 g/mol. The number of piperazine rings is 1. The molecule has 0 spiro atoms. The van der Waals surface area contributed by atoms with Gasteiger partial charge in [-0.1, -0.05) is 6.07 Å². The molecule has 0 saturated carbocycles. The van der Waals surface area contributed by atoms with Crippen LogP contribution in [0.1, 0.15) is 38.8 Å². The minimum atomic E-state index is -0.323. The Morgan fingerprint density at radius 3 is 2.25 bits per heavy atom. The van der Waals surface area contributed by atoms with E-state index in [0.717, 1.165) is 31.6 Å². The molecule has 0 atom stereocenters. The van der Waals surface area contributed by atoms with Gasteiger partial charge in [0.15, 0.2) is 0 Å². The van der Waals surface area contributed by atoms with Gasteiger partial charge in [0.1, 0.15) is 0 Å². The normalized spacial score (nSPS) is 22.9. The zero-order valence-electron chi connectivity index (χ0n) is 15.5. The molecule has 132 valence electrons. The lowest BCUT2D eigenvalue weighted by molar-refractivity contribution is 0.00578. The molecule has 2 aliphatic heterocycles. The summed E-state index contributed by atoms with van der Waals surface area (Å²) in [5.41, 5.74) is 4.23. The van der Waals surface area contributed by atoms with Gasteiger partial charge >= 0.3 is 7.12 Å². The largest absolute Gasteiger partial charge is 0.495 e. The van der Waals surface area contributed by atoms with Crippen LogP contribution in [0.4, 0.5) is 5.69 Å². The third-order valence-corrected chi connectivity index (χ3v) is 5.99. The molecular formula is C18H29BN2O2S. The van der Waals surface area contributed by atoms with E-state index in [1.54, 1.807) is 0 Å². The van der Waals surface area contributed by atoms with E-state index in [1.807, 2.05) is 0 Å². The molecule has 0 aromatic heterocycles. The van der Waals surface area contributed by atoms with Crippen molar-refractivity contribution in [2.45, 2.75) is 51.6 Å². The van der Waals surface area contributed by atoms with Gasteiger partial charge in [0, 0.05) is 37.6 Å². The molecule has 0 radical (unpaired) electrons. The second-order valence-electron chi connectivity index (χ2n) is 7.81. The molecule has 1 aromatic carbocycles. The van der Waals surface area contributed by atoms with Crippen LogP contribution in [0.3, 0.4) is 0 Å². The minimum absolute atomic E-state index is 0.323. The van der Waals surface area contributed by atoms with Gasteiger partial charge in [-0.15, -0.1) is 0 Å². The van der Waals surface area contributed by atoms with Crippen molar-refractivity contribution in [2.24, 2.45) is 0 Å². The zero-order chi connectivity index (χ0) is 17.5. The molecule has 2 fully saturated rings. The monoisotopic (exact) mass is 348 g/mol. The van der Waals surface area contributed by atoms with Crippen molar-refractivity contribution in [3.8, 4) is 0 Å². The summed E-state index contributed by atoms with van der Waals surface area (Å²) in [6.45, 7) is 14.7. The van der Waals surface area contributed by atoms with E-state index >= 15 is 0 Å². The number of thiol groups is 1. The highest BCUT2D eigenvalue weighted by molar-refractivity contribution is 7.79. The number of nitrogens with zero attached hydrogens (tertiary/aromatic N) is 1. The molecule has 0 aliphatic carbocycles. The highest BCUT2D eigenvalue weighted by atomic mass is 32.1. The van der Waals surface area contributed by atoms with Gasteiger partial charge < -0.3 is 19.5 Å². The van der Waals surface area contributed by atoms with Gasteiger partial charge in [-0.05, 0) is 57.3 Å². The van der Waals surface area contributed by atoms with Gasteiger partial charge in [-0.3, -0.25) is 0 Å². The van der Waals surface area contributed by atoms with Crippen LogP contribution in [-0.4, -0.2) is 44.5 Å². The van der Waals surface area contributed by atoms with Crippen molar-refractivity contribution in [3.05, 3.63) is 23.3 Å². The maximum atomic E-state index is 6.29. The Morgan fingerprint density at radius 1 is 1.12 bits per heavy atom. The number of rotatable bonds is 3. The molecule has 1 aromatic rings. The van der Waals surface area contributed by atoms with Gasteiger partial charge in [0.2, 0.25) is 0 Å². The lowest BCUT2D eigenvalue weighted by Crippen LogP contribution is -2.45. The summed E-state index contributed by atoms with van der Waals surface area (Å²) < 4.78 is 12.6. The molecule has 2 heterocycles. The first-order valence-corrected chi connectivity index (χ1v) is 9.44. The van der Waals surface area contributed by atoms with Gasteiger partial charge in [-0.2, -0.15) is 12.6 Å².